The van der Waals surface area contributed by atoms with Crippen LogP contribution in [0.4, 0.5) is 5.69 Å². The van der Waals surface area contributed by atoms with Gasteiger partial charge in [-0.15, -0.1) is 18.2 Å². The average molecular weight is 353 g/mol. The van der Waals surface area contributed by atoms with Crippen molar-refractivity contribution in [2.45, 2.75) is 36.6 Å². The number of carbonyl (C=O) groups excluding carboxylic acids is 1. The molecule has 1 aromatic rings. The highest BCUT2D eigenvalue weighted by atomic mass is 35.5. The van der Waals surface area contributed by atoms with Crippen molar-refractivity contribution in [2.75, 3.05) is 5.32 Å². The molecule has 4 rings (SSSR count). The third-order valence-corrected chi connectivity index (χ3v) is 7.59. The molecule has 2 fully saturated rings. The molecule has 1 aliphatic heterocycles. The van der Waals surface area contributed by atoms with Crippen LogP contribution in [0, 0.1) is 23.8 Å². The number of allylic oxidation sites excluding steroid dienone is 1. The van der Waals surface area contributed by atoms with E-state index in [2.05, 4.69) is 23.3 Å². The van der Waals surface area contributed by atoms with Gasteiger partial charge in [-0.25, -0.2) is 6.57 Å². The molecule has 3 aliphatic rings. The van der Waals surface area contributed by atoms with E-state index < -0.39 is 16.4 Å². The van der Waals surface area contributed by atoms with Crippen LogP contribution in [-0.4, -0.2) is 16.8 Å². The van der Waals surface area contributed by atoms with Gasteiger partial charge in [0.05, 0.1) is 16.7 Å². The molecule has 0 radical (unpaired) electrons. The maximum absolute atomic E-state index is 13.3. The SMILES string of the molecule is [C-]#[N+][C@]12C([C@H](C(=C)C)C[C@H](Cl)[C@@]1(C)C=C)[C@]21C(=O)Nc2ccccc21. The molecule has 0 aromatic heterocycles. The molecule has 128 valence electrons. The van der Waals surface area contributed by atoms with E-state index in [0.29, 0.717) is 6.42 Å². The molecule has 1 aromatic carbocycles. The molecule has 6 atom stereocenters. The summed E-state index contributed by atoms with van der Waals surface area (Å²) in [4.78, 5) is 17.4. The number of halogens is 1. The molecule has 4 heteroatoms. The molecule has 1 amide bonds. The molecular formula is C21H21ClN2O. The third kappa shape index (κ3) is 1.48. The van der Waals surface area contributed by atoms with E-state index >= 15 is 0 Å². The average Bonchev–Trinajstić information content (AvgIpc) is 3.13. The zero-order valence-corrected chi connectivity index (χ0v) is 15.2. The molecule has 1 unspecified atom stereocenters. The number of nitrogens with zero attached hydrogens (tertiary/aromatic N) is 1. The summed E-state index contributed by atoms with van der Waals surface area (Å²) >= 11 is 6.80. The number of nitrogens with one attached hydrogen (secondary N) is 1. The molecule has 3 nitrogen and oxygen atoms in total. The van der Waals surface area contributed by atoms with Crippen LogP contribution in [0.2, 0.25) is 0 Å². The summed E-state index contributed by atoms with van der Waals surface area (Å²) in [6, 6.07) is 7.72. The Balaban J connectivity index is 2.05. The van der Waals surface area contributed by atoms with Gasteiger partial charge in [0.2, 0.25) is 5.91 Å². The summed E-state index contributed by atoms with van der Waals surface area (Å²) in [5, 5.41) is 2.75. The third-order valence-electron chi connectivity index (χ3n) is 6.96. The number of amides is 1. The summed E-state index contributed by atoms with van der Waals surface area (Å²) in [7, 11) is 0. The molecule has 25 heavy (non-hydrogen) atoms. The maximum atomic E-state index is 13.3. The van der Waals surface area contributed by atoms with E-state index in [9.17, 15) is 4.79 Å². The minimum Gasteiger partial charge on any atom is -0.325 e. The fourth-order valence-corrected chi connectivity index (χ4v) is 6.14. The van der Waals surface area contributed by atoms with Crippen molar-refractivity contribution in [3.8, 4) is 0 Å². The predicted octanol–water partition coefficient (Wildman–Crippen LogP) is 4.56. The van der Waals surface area contributed by atoms with Crippen LogP contribution in [-0.2, 0) is 10.2 Å². The first-order valence-corrected chi connectivity index (χ1v) is 8.99. The van der Waals surface area contributed by atoms with Crippen LogP contribution < -0.4 is 5.32 Å². The summed E-state index contributed by atoms with van der Waals surface area (Å²) in [6.45, 7) is 20.3. The minimum atomic E-state index is -0.924. The molecule has 0 saturated heterocycles. The Hall–Kier alpha value is -2.05. The van der Waals surface area contributed by atoms with Gasteiger partial charge in [0.15, 0.2) is 5.41 Å². The molecule has 1 heterocycles. The predicted molar refractivity (Wildman–Crippen MR) is 100 cm³/mol. The standard InChI is InChI=1S/C21H21ClN2O/c1-6-19(4)16(22)11-13(12(2)3)17-20(21(17,19)23-5)14-9-7-8-10-15(14)24-18(20)25/h6-10,13,16-17H,1-2,11H2,3-4H3,(H,24,25)/t13-,16-,17?,19+,20+,21+/m0/s1. The molecule has 1 spiro atoms. The van der Waals surface area contributed by atoms with Crippen molar-refractivity contribution < 1.29 is 4.79 Å². The van der Waals surface area contributed by atoms with Gasteiger partial charge in [0.1, 0.15) is 0 Å². The Morgan fingerprint density at radius 2 is 2.16 bits per heavy atom. The lowest BCUT2D eigenvalue weighted by Gasteiger charge is -2.39. The second-order valence-electron chi connectivity index (χ2n) is 7.81. The van der Waals surface area contributed by atoms with Gasteiger partial charge in [-0.2, -0.15) is 0 Å². The second kappa shape index (κ2) is 4.77. The molecule has 0 bridgehead atoms. The van der Waals surface area contributed by atoms with E-state index in [1.807, 2.05) is 38.1 Å². The van der Waals surface area contributed by atoms with Crippen molar-refractivity contribution in [1.29, 1.82) is 0 Å². The summed E-state index contributed by atoms with van der Waals surface area (Å²) in [5.74, 6) is -0.169. The topological polar surface area (TPSA) is 33.5 Å². The quantitative estimate of drug-likeness (QED) is 0.472. The van der Waals surface area contributed by atoms with Gasteiger partial charge >= 0.3 is 0 Å². The number of hydrogen-bond acceptors (Lipinski definition) is 1. The number of carbonyl (C=O) groups is 1. The van der Waals surface area contributed by atoms with Crippen LogP contribution >= 0.6 is 11.6 Å². The van der Waals surface area contributed by atoms with Crippen LogP contribution in [0.15, 0.2) is 49.1 Å². The number of hydrogen-bond donors (Lipinski definition) is 1. The minimum absolute atomic E-state index is 0.0431. The van der Waals surface area contributed by atoms with E-state index in [0.717, 1.165) is 16.8 Å². The summed E-state index contributed by atoms with van der Waals surface area (Å²) in [6.07, 6.45) is 2.51. The number of alkyl halides is 1. The van der Waals surface area contributed by atoms with Crippen molar-refractivity contribution in [3.63, 3.8) is 0 Å². The highest BCUT2D eigenvalue weighted by molar-refractivity contribution is 6.22. The van der Waals surface area contributed by atoms with Gasteiger partial charge < -0.3 is 10.2 Å². The number of rotatable bonds is 2. The zero-order valence-electron chi connectivity index (χ0n) is 14.5. The number of para-hydroxylation sites is 1. The summed E-state index contributed by atoms with van der Waals surface area (Å²) in [5.41, 5.74) is 0.272. The fraction of sp³-hybridized carbons (Fsp3) is 0.429. The van der Waals surface area contributed by atoms with E-state index in [-0.39, 0.29) is 23.1 Å². The van der Waals surface area contributed by atoms with E-state index in [1.165, 1.54) is 0 Å². The van der Waals surface area contributed by atoms with Crippen LogP contribution in [0.1, 0.15) is 25.8 Å². The van der Waals surface area contributed by atoms with E-state index in [1.54, 1.807) is 6.08 Å². The monoisotopic (exact) mass is 352 g/mol. The number of anilines is 1. The van der Waals surface area contributed by atoms with Crippen molar-refractivity contribution in [3.05, 3.63) is 66.1 Å². The Labute approximate surface area is 153 Å². The maximum Gasteiger partial charge on any atom is 0.266 e. The van der Waals surface area contributed by atoms with Crippen LogP contribution in [0.3, 0.4) is 0 Å². The lowest BCUT2D eigenvalue weighted by atomic mass is 9.65. The zero-order chi connectivity index (χ0) is 18.2. The lowest BCUT2D eigenvalue weighted by Crippen LogP contribution is -2.48. The molecular weight excluding hydrogens is 332 g/mol. The summed E-state index contributed by atoms with van der Waals surface area (Å²) < 4.78 is 0. The molecule has 1 N–H and O–H groups in total. The van der Waals surface area contributed by atoms with Crippen molar-refractivity contribution in [2.24, 2.45) is 17.3 Å². The van der Waals surface area contributed by atoms with Gasteiger partial charge in [-0.05, 0) is 37.8 Å². The van der Waals surface area contributed by atoms with Crippen LogP contribution in [0.25, 0.3) is 4.85 Å². The van der Waals surface area contributed by atoms with Crippen molar-refractivity contribution in [1.82, 2.24) is 0 Å². The first-order chi connectivity index (χ1) is 11.8. The Morgan fingerprint density at radius 3 is 2.76 bits per heavy atom. The first kappa shape index (κ1) is 16.4. The number of benzene rings is 1. The van der Waals surface area contributed by atoms with E-state index in [4.69, 9.17) is 18.2 Å². The molecule has 2 aliphatic carbocycles. The molecule has 2 saturated carbocycles. The highest BCUT2D eigenvalue weighted by Gasteiger charge is 2.97. The smallest absolute Gasteiger partial charge is 0.266 e. The number of fused-ring (bicyclic) bond motifs is 5. The Kier molecular flexibility index (Phi) is 3.13. The van der Waals surface area contributed by atoms with Gasteiger partial charge in [0, 0.05) is 5.69 Å². The van der Waals surface area contributed by atoms with Crippen LogP contribution in [0.5, 0.6) is 0 Å². The second-order valence-corrected chi connectivity index (χ2v) is 8.33. The Bertz CT molecular complexity index is 871. The first-order valence-electron chi connectivity index (χ1n) is 8.55. The normalized spacial score (nSPS) is 43.6. The fourth-order valence-electron chi connectivity index (χ4n) is 5.70. The van der Waals surface area contributed by atoms with Gasteiger partial charge in [-0.3, -0.25) is 4.79 Å². The van der Waals surface area contributed by atoms with Gasteiger partial charge in [-0.1, -0.05) is 36.4 Å². The lowest BCUT2D eigenvalue weighted by molar-refractivity contribution is -0.118. The highest BCUT2D eigenvalue weighted by Crippen LogP contribution is 2.81. The van der Waals surface area contributed by atoms with Gasteiger partial charge in [0.25, 0.3) is 5.54 Å². The van der Waals surface area contributed by atoms with Crippen molar-refractivity contribution >= 4 is 23.2 Å². The Morgan fingerprint density at radius 1 is 1.48 bits per heavy atom. The largest absolute Gasteiger partial charge is 0.325 e.